The Morgan fingerprint density at radius 3 is 2.36 bits per heavy atom. The van der Waals surface area contributed by atoms with Crippen molar-refractivity contribution < 1.29 is 14.3 Å². The summed E-state index contributed by atoms with van der Waals surface area (Å²) in [5.41, 5.74) is 2.57. The number of carbonyl (C=O) groups excluding carboxylic acids is 1. The van der Waals surface area contributed by atoms with Crippen LogP contribution in [0.5, 0.6) is 11.5 Å². The van der Waals surface area contributed by atoms with Gasteiger partial charge in [-0.05, 0) is 49.9 Å². The van der Waals surface area contributed by atoms with Crippen LogP contribution in [0.4, 0.5) is 4.79 Å². The van der Waals surface area contributed by atoms with E-state index in [2.05, 4.69) is 17.4 Å². The van der Waals surface area contributed by atoms with Crippen molar-refractivity contribution >= 4 is 6.03 Å². The lowest BCUT2D eigenvalue weighted by atomic mass is 9.66. The van der Waals surface area contributed by atoms with E-state index in [1.54, 1.807) is 14.2 Å². The molecule has 0 atom stereocenters. The van der Waals surface area contributed by atoms with Gasteiger partial charge in [-0.1, -0.05) is 19.3 Å². The number of carbonyl (C=O) groups is 1. The van der Waals surface area contributed by atoms with Crippen LogP contribution in [0.1, 0.15) is 57.1 Å². The molecule has 138 valence electrons. The molecule has 1 aliphatic heterocycles. The Bertz CT molecular complexity index is 636. The first-order chi connectivity index (χ1) is 12.0. The number of benzene rings is 1. The van der Waals surface area contributed by atoms with Crippen LogP contribution in [0.25, 0.3) is 0 Å². The molecular formula is C20H30N2O3. The molecule has 1 spiro atoms. The van der Waals surface area contributed by atoms with Crippen LogP contribution >= 0.6 is 0 Å². The van der Waals surface area contributed by atoms with Gasteiger partial charge in [0.15, 0.2) is 11.5 Å². The average molecular weight is 346 g/mol. The lowest BCUT2D eigenvalue weighted by Gasteiger charge is -2.46. The number of hydrogen-bond donors (Lipinski definition) is 1. The summed E-state index contributed by atoms with van der Waals surface area (Å²) in [6, 6.07) is 4.37. The third-order valence-corrected chi connectivity index (χ3v) is 5.55. The molecular weight excluding hydrogens is 316 g/mol. The Morgan fingerprint density at radius 1 is 1.12 bits per heavy atom. The van der Waals surface area contributed by atoms with E-state index in [0.717, 1.165) is 30.9 Å². The molecule has 1 aromatic carbocycles. The first kappa shape index (κ1) is 17.9. The zero-order valence-corrected chi connectivity index (χ0v) is 15.9. The highest BCUT2D eigenvalue weighted by atomic mass is 16.5. The van der Waals surface area contributed by atoms with E-state index in [-0.39, 0.29) is 17.5 Å². The number of ether oxygens (including phenoxy) is 2. The lowest BCUT2D eigenvalue weighted by Crippen LogP contribution is -2.52. The number of hydrogen-bond acceptors (Lipinski definition) is 3. The molecule has 0 bridgehead atoms. The number of nitrogens with zero attached hydrogens (tertiary/aromatic N) is 1. The Labute approximate surface area is 150 Å². The molecule has 0 radical (unpaired) electrons. The largest absolute Gasteiger partial charge is 0.493 e. The van der Waals surface area contributed by atoms with Gasteiger partial charge in [0.2, 0.25) is 0 Å². The lowest BCUT2D eigenvalue weighted by molar-refractivity contribution is 0.144. The quantitative estimate of drug-likeness (QED) is 0.905. The number of amides is 2. The van der Waals surface area contributed by atoms with Gasteiger partial charge in [0.05, 0.1) is 14.2 Å². The van der Waals surface area contributed by atoms with E-state index in [0.29, 0.717) is 6.54 Å². The standard InChI is InChI=1S/C20H30N2O3/c1-14(2)21-19(23)22-12-15-10-17(24-3)18(25-4)11-16(15)20(13-22)8-6-5-7-9-20/h10-11,14H,5-9,12-13H2,1-4H3,(H,21,23). The zero-order valence-electron chi connectivity index (χ0n) is 15.9. The van der Waals surface area contributed by atoms with Crippen molar-refractivity contribution in [3.05, 3.63) is 23.3 Å². The summed E-state index contributed by atoms with van der Waals surface area (Å²) in [6.07, 6.45) is 5.96. The molecule has 2 aliphatic rings. The van der Waals surface area contributed by atoms with Crippen molar-refractivity contribution in [3.8, 4) is 11.5 Å². The molecule has 5 nitrogen and oxygen atoms in total. The Hall–Kier alpha value is -1.91. The van der Waals surface area contributed by atoms with Crippen LogP contribution in [0.2, 0.25) is 0 Å². The molecule has 0 saturated heterocycles. The number of fused-ring (bicyclic) bond motifs is 2. The van der Waals surface area contributed by atoms with E-state index in [1.807, 2.05) is 18.7 Å². The molecule has 25 heavy (non-hydrogen) atoms. The summed E-state index contributed by atoms with van der Waals surface area (Å²) >= 11 is 0. The number of nitrogens with one attached hydrogen (secondary N) is 1. The molecule has 0 unspecified atom stereocenters. The van der Waals surface area contributed by atoms with Gasteiger partial charge >= 0.3 is 6.03 Å². The van der Waals surface area contributed by atoms with Crippen LogP contribution in [0, 0.1) is 0 Å². The van der Waals surface area contributed by atoms with Gasteiger partial charge < -0.3 is 19.7 Å². The fraction of sp³-hybridized carbons (Fsp3) is 0.650. The van der Waals surface area contributed by atoms with Crippen LogP contribution in [-0.2, 0) is 12.0 Å². The van der Waals surface area contributed by atoms with E-state index >= 15 is 0 Å². The molecule has 1 aliphatic carbocycles. The van der Waals surface area contributed by atoms with Crippen LogP contribution < -0.4 is 14.8 Å². The van der Waals surface area contributed by atoms with Crippen molar-refractivity contribution in [2.24, 2.45) is 0 Å². The molecule has 1 N–H and O–H groups in total. The van der Waals surface area contributed by atoms with Gasteiger partial charge in [-0.2, -0.15) is 0 Å². The average Bonchev–Trinajstić information content (AvgIpc) is 2.60. The SMILES string of the molecule is COc1cc2c(cc1OC)C1(CCCCC1)CN(C(=O)NC(C)C)C2. The van der Waals surface area contributed by atoms with Crippen molar-refractivity contribution in [1.82, 2.24) is 10.2 Å². The summed E-state index contributed by atoms with van der Waals surface area (Å²) < 4.78 is 11.0. The predicted octanol–water partition coefficient (Wildman–Crippen LogP) is 3.84. The van der Waals surface area contributed by atoms with Gasteiger partial charge in [0.1, 0.15) is 0 Å². The van der Waals surface area contributed by atoms with Crippen molar-refractivity contribution in [2.45, 2.75) is 64.0 Å². The maximum Gasteiger partial charge on any atom is 0.317 e. The molecule has 1 aromatic rings. The maximum absolute atomic E-state index is 12.7. The topological polar surface area (TPSA) is 50.8 Å². The van der Waals surface area contributed by atoms with Gasteiger partial charge in [-0.15, -0.1) is 0 Å². The van der Waals surface area contributed by atoms with Crippen molar-refractivity contribution in [1.29, 1.82) is 0 Å². The van der Waals surface area contributed by atoms with Crippen molar-refractivity contribution in [2.75, 3.05) is 20.8 Å². The highest BCUT2D eigenvalue weighted by Crippen LogP contribution is 2.47. The first-order valence-corrected chi connectivity index (χ1v) is 9.30. The highest BCUT2D eigenvalue weighted by Gasteiger charge is 2.42. The summed E-state index contributed by atoms with van der Waals surface area (Å²) in [5.74, 6) is 1.52. The third-order valence-electron chi connectivity index (χ3n) is 5.55. The fourth-order valence-electron chi connectivity index (χ4n) is 4.40. The summed E-state index contributed by atoms with van der Waals surface area (Å²) in [7, 11) is 3.34. The summed E-state index contributed by atoms with van der Waals surface area (Å²) in [4.78, 5) is 14.7. The van der Waals surface area contributed by atoms with E-state index < -0.39 is 0 Å². The first-order valence-electron chi connectivity index (χ1n) is 9.30. The minimum Gasteiger partial charge on any atom is -0.493 e. The van der Waals surface area contributed by atoms with Gasteiger partial charge in [0, 0.05) is 24.5 Å². The van der Waals surface area contributed by atoms with E-state index in [4.69, 9.17) is 9.47 Å². The summed E-state index contributed by atoms with van der Waals surface area (Å²) in [6.45, 7) is 5.41. The van der Waals surface area contributed by atoms with Gasteiger partial charge in [-0.25, -0.2) is 4.79 Å². The Balaban J connectivity index is 2.02. The third kappa shape index (κ3) is 3.42. The van der Waals surface area contributed by atoms with E-state index in [9.17, 15) is 4.79 Å². The highest BCUT2D eigenvalue weighted by molar-refractivity contribution is 5.75. The van der Waals surface area contributed by atoms with Gasteiger partial charge in [0.25, 0.3) is 0 Å². The number of urea groups is 1. The second kappa shape index (κ2) is 7.14. The monoisotopic (exact) mass is 346 g/mol. The summed E-state index contributed by atoms with van der Waals surface area (Å²) in [5, 5.41) is 3.05. The van der Waals surface area contributed by atoms with Crippen molar-refractivity contribution in [3.63, 3.8) is 0 Å². The minimum atomic E-state index is 0.0281. The maximum atomic E-state index is 12.7. The molecule has 1 heterocycles. The number of rotatable bonds is 3. The van der Waals surface area contributed by atoms with Crippen LogP contribution in [0.15, 0.2) is 12.1 Å². The fourth-order valence-corrected chi connectivity index (χ4v) is 4.40. The molecule has 0 aromatic heterocycles. The zero-order chi connectivity index (χ0) is 18.0. The van der Waals surface area contributed by atoms with E-state index in [1.165, 1.54) is 30.4 Å². The molecule has 5 heteroatoms. The second-order valence-corrected chi connectivity index (χ2v) is 7.67. The molecule has 1 fully saturated rings. The molecule has 1 saturated carbocycles. The Kier molecular flexibility index (Phi) is 5.11. The normalized spacial score (nSPS) is 18.8. The van der Waals surface area contributed by atoms with Gasteiger partial charge in [-0.3, -0.25) is 0 Å². The number of methoxy groups -OCH3 is 2. The van der Waals surface area contributed by atoms with Crippen LogP contribution in [-0.4, -0.2) is 37.7 Å². The van der Waals surface area contributed by atoms with Crippen LogP contribution in [0.3, 0.4) is 0 Å². The second-order valence-electron chi connectivity index (χ2n) is 7.67. The molecule has 3 rings (SSSR count). The minimum absolute atomic E-state index is 0.0281. The predicted molar refractivity (Wildman–Crippen MR) is 98.4 cm³/mol. The Morgan fingerprint density at radius 2 is 1.76 bits per heavy atom. The smallest absolute Gasteiger partial charge is 0.317 e. The molecule has 2 amide bonds.